The first-order chi connectivity index (χ1) is 10.1. The monoisotopic (exact) mass is 287 g/mol. The van der Waals surface area contributed by atoms with Crippen LogP contribution in [-0.2, 0) is 4.79 Å². The highest BCUT2D eigenvalue weighted by atomic mass is 16.5. The number of aromatic hydroxyl groups is 1. The summed E-state index contributed by atoms with van der Waals surface area (Å²) in [5, 5.41) is 21.0. The van der Waals surface area contributed by atoms with Gasteiger partial charge in [0.25, 0.3) is 5.91 Å². The number of para-hydroxylation sites is 3. The van der Waals surface area contributed by atoms with Crippen molar-refractivity contribution < 1.29 is 24.5 Å². The number of anilines is 1. The van der Waals surface area contributed by atoms with E-state index >= 15 is 0 Å². The lowest BCUT2D eigenvalue weighted by Crippen LogP contribution is -2.21. The molecule has 0 spiro atoms. The van der Waals surface area contributed by atoms with E-state index in [1.807, 2.05) is 0 Å². The molecule has 0 fully saturated rings. The number of ether oxygens (including phenoxy) is 1. The van der Waals surface area contributed by atoms with Gasteiger partial charge in [-0.15, -0.1) is 0 Å². The standard InChI is InChI=1S/C15H13NO5/c17-12-7-3-4-8-13(12)21-9-14(18)16-11-6-2-1-5-10(11)15(19)20/h1-8,17H,9H2,(H,16,18)(H,19,20). The molecule has 0 bridgehead atoms. The van der Waals surface area contributed by atoms with Crippen LogP contribution in [0.25, 0.3) is 0 Å². The number of carbonyl (C=O) groups excluding carboxylic acids is 1. The zero-order chi connectivity index (χ0) is 15.2. The van der Waals surface area contributed by atoms with Crippen LogP contribution in [0, 0.1) is 0 Å². The highest BCUT2D eigenvalue weighted by molar-refractivity contribution is 6.00. The topological polar surface area (TPSA) is 95.9 Å². The molecule has 1 amide bonds. The number of carbonyl (C=O) groups is 2. The number of phenols is 1. The third-order valence-electron chi connectivity index (χ3n) is 2.66. The summed E-state index contributed by atoms with van der Waals surface area (Å²) >= 11 is 0. The lowest BCUT2D eigenvalue weighted by atomic mass is 10.2. The van der Waals surface area contributed by atoms with Gasteiger partial charge < -0.3 is 20.3 Å². The molecule has 0 radical (unpaired) electrons. The van der Waals surface area contributed by atoms with Crippen LogP contribution in [0.3, 0.4) is 0 Å². The Hall–Kier alpha value is -3.02. The molecule has 0 aliphatic rings. The molecule has 2 aromatic rings. The van der Waals surface area contributed by atoms with Crippen molar-refractivity contribution in [3.63, 3.8) is 0 Å². The molecular formula is C15H13NO5. The van der Waals surface area contributed by atoms with Gasteiger partial charge in [0.1, 0.15) is 0 Å². The Labute approximate surface area is 120 Å². The molecule has 0 aromatic heterocycles. The van der Waals surface area contributed by atoms with E-state index in [0.29, 0.717) is 0 Å². The highest BCUT2D eigenvalue weighted by Crippen LogP contribution is 2.24. The Morgan fingerprint density at radius 1 is 1.05 bits per heavy atom. The minimum Gasteiger partial charge on any atom is -0.504 e. The molecule has 2 aromatic carbocycles. The molecule has 0 saturated heterocycles. The van der Waals surface area contributed by atoms with Crippen molar-refractivity contribution in [2.75, 3.05) is 11.9 Å². The lowest BCUT2D eigenvalue weighted by molar-refractivity contribution is -0.118. The van der Waals surface area contributed by atoms with Crippen LogP contribution in [0.4, 0.5) is 5.69 Å². The van der Waals surface area contributed by atoms with Gasteiger partial charge in [0.15, 0.2) is 18.1 Å². The first kappa shape index (κ1) is 14.4. The molecule has 21 heavy (non-hydrogen) atoms. The molecular weight excluding hydrogens is 274 g/mol. The Morgan fingerprint density at radius 2 is 1.71 bits per heavy atom. The van der Waals surface area contributed by atoms with Crippen LogP contribution in [0.1, 0.15) is 10.4 Å². The van der Waals surface area contributed by atoms with Crippen LogP contribution in [0.15, 0.2) is 48.5 Å². The molecule has 2 rings (SSSR count). The van der Waals surface area contributed by atoms with Crippen molar-refractivity contribution in [2.24, 2.45) is 0 Å². The van der Waals surface area contributed by atoms with E-state index in [9.17, 15) is 14.7 Å². The fourth-order valence-corrected chi connectivity index (χ4v) is 1.69. The summed E-state index contributed by atoms with van der Waals surface area (Å²) in [6, 6.07) is 12.3. The van der Waals surface area contributed by atoms with Gasteiger partial charge in [0.2, 0.25) is 0 Å². The number of rotatable bonds is 5. The Morgan fingerprint density at radius 3 is 2.43 bits per heavy atom. The van der Waals surface area contributed by atoms with Crippen molar-refractivity contribution in [1.29, 1.82) is 0 Å². The Kier molecular flexibility index (Phi) is 4.40. The van der Waals surface area contributed by atoms with Gasteiger partial charge in [0, 0.05) is 0 Å². The largest absolute Gasteiger partial charge is 0.504 e. The van der Waals surface area contributed by atoms with E-state index in [1.54, 1.807) is 24.3 Å². The smallest absolute Gasteiger partial charge is 0.337 e. The average Bonchev–Trinajstić information content (AvgIpc) is 2.47. The Bertz CT molecular complexity index is 669. The van der Waals surface area contributed by atoms with E-state index in [1.165, 1.54) is 24.3 Å². The van der Waals surface area contributed by atoms with Gasteiger partial charge in [-0.25, -0.2) is 4.79 Å². The maximum atomic E-state index is 11.8. The number of benzene rings is 2. The molecule has 0 unspecified atom stereocenters. The second-order valence-corrected chi connectivity index (χ2v) is 4.16. The molecule has 108 valence electrons. The number of phenolic OH excluding ortho intramolecular Hbond substituents is 1. The zero-order valence-corrected chi connectivity index (χ0v) is 10.9. The summed E-state index contributed by atoms with van der Waals surface area (Å²) in [7, 11) is 0. The molecule has 3 N–H and O–H groups in total. The molecule has 0 aliphatic heterocycles. The molecule has 0 atom stereocenters. The lowest BCUT2D eigenvalue weighted by Gasteiger charge is -2.10. The van der Waals surface area contributed by atoms with E-state index in [4.69, 9.17) is 9.84 Å². The van der Waals surface area contributed by atoms with E-state index in [2.05, 4.69) is 5.32 Å². The fourth-order valence-electron chi connectivity index (χ4n) is 1.69. The third-order valence-corrected chi connectivity index (χ3v) is 2.66. The summed E-state index contributed by atoms with van der Waals surface area (Å²) in [4.78, 5) is 22.8. The maximum absolute atomic E-state index is 11.8. The van der Waals surface area contributed by atoms with Gasteiger partial charge in [-0.2, -0.15) is 0 Å². The molecule has 0 heterocycles. The number of hydrogen-bond acceptors (Lipinski definition) is 4. The first-order valence-electron chi connectivity index (χ1n) is 6.11. The van der Waals surface area contributed by atoms with E-state index < -0.39 is 11.9 Å². The van der Waals surface area contributed by atoms with Crippen LogP contribution >= 0.6 is 0 Å². The number of hydrogen-bond donors (Lipinski definition) is 3. The van der Waals surface area contributed by atoms with Crippen LogP contribution < -0.4 is 10.1 Å². The minimum absolute atomic E-state index is 0.00610. The van der Waals surface area contributed by atoms with Crippen molar-refractivity contribution in [1.82, 2.24) is 0 Å². The number of carboxylic acid groups (broad SMARTS) is 1. The fraction of sp³-hybridized carbons (Fsp3) is 0.0667. The predicted molar refractivity (Wildman–Crippen MR) is 75.6 cm³/mol. The number of nitrogens with one attached hydrogen (secondary N) is 1. The normalized spacial score (nSPS) is 9.90. The van der Waals surface area contributed by atoms with Gasteiger partial charge in [0.05, 0.1) is 11.3 Å². The molecule has 6 heteroatoms. The molecule has 0 aliphatic carbocycles. The second-order valence-electron chi connectivity index (χ2n) is 4.16. The van der Waals surface area contributed by atoms with Gasteiger partial charge >= 0.3 is 5.97 Å². The van der Waals surface area contributed by atoms with E-state index in [-0.39, 0.29) is 29.4 Å². The van der Waals surface area contributed by atoms with Crippen LogP contribution in [-0.4, -0.2) is 28.7 Å². The summed E-state index contributed by atoms with van der Waals surface area (Å²) < 4.78 is 5.16. The van der Waals surface area contributed by atoms with Crippen molar-refractivity contribution >= 4 is 17.6 Å². The van der Waals surface area contributed by atoms with Crippen molar-refractivity contribution in [2.45, 2.75) is 0 Å². The number of aromatic carboxylic acids is 1. The summed E-state index contributed by atoms with van der Waals surface area (Å²) in [5.41, 5.74) is 0.185. The molecule has 6 nitrogen and oxygen atoms in total. The minimum atomic E-state index is -1.13. The van der Waals surface area contributed by atoms with Gasteiger partial charge in [-0.3, -0.25) is 4.79 Å². The zero-order valence-electron chi connectivity index (χ0n) is 10.9. The van der Waals surface area contributed by atoms with Gasteiger partial charge in [-0.05, 0) is 24.3 Å². The van der Waals surface area contributed by atoms with Crippen LogP contribution in [0.5, 0.6) is 11.5 Å². The summed E-state index contributed by atoms with van der Waals surface area (Å²) in [6.45, 7) is -0.342. The average molecular weight is 287 g/mol. The first-order valence-corrected chi connectivity index (χ1v) is 6.11. The van der Waals surface area contributed by atoms with Crippen molar-refractivity contribution in [3.05, 3.63) is 54.1 Å². The molecule has 0 saturated carbocycles. The second kappa shape index (κ2) is 6.42. The third kappa shape index (κ3) is 3.73. The number of carboxylic acids is 1. The van der Waals surface area contributed by atoms with E-state index in [0.717, 1.165) is 0 Å². The number of amides is 1. The summed E-state index contributed by atoms with van der Waals surface area (Å²) in [5.74, 6) is -1.55. The highest BCUT2D eigenvalue weighted by Gasteiger charge is 2.12. The van der Waals surface area contributed by atoms with Crippen LogP contribution in [0.2, 0.25) is 0 Å². The van der Waals surface area contributed by atoms with Gasteiger partial charge in [-0.1, -0.05) is 24.3 Å². The quantitative estimate of drug-likeness (QED) is 0.782. The summed E-state index contributed by atoms with van der Waals surface area (Å²) in [6.07, 6.45) is 0. The van der Waals surface area contributed by atoms with Crippen molar-refractivity contribution in [3.8, 4) is 11.5 Å². The SMILES string of the molecule is O=C(COc1ccccc1O)Nc1ccccc1C(=O)O. The predicted octanol–water partition coefficient (Wildman–Crippen LogP) is 2.11. The maximum Gasteiger partial charge on any atom is 0.337 e. The Balaban J connectivity index is 2.00.